The molecule has 0 aliphatic rings. The average Bonchev–Trinajstić information content (AvgIpc) is 1.85. The van der Waals surface area contributed by atoms with Gasteiger partial charge in [-0.2, -0.15) is 8.78 Å². The van der Waals surface area contributed by atoms with Crippen LogP contribution in [0.5, 0.6) is 0 Å². The van der Waals surface area contributed by atoms with Crippen LogP contribution in [-0.2, 0) is 9.59 Å². The van der Waals surface area contributed by atoms with E-state index in [1.54, 1.807) is 5.32 Å². The fraction of sp³-hybridized carbons (Fsp3) is 0.600. The van der Waals surface area contributed by atoms with E-state index in [1.807, 2.05) is 0 Å². The van der Waals surface area contributed by atoms with E-state index in [2.05, 4.69) is 17.3 Å². The van der Waals surface area contributed by atoms with Crippen molar-refractivity contribution in [3.8, 4) is 0 Å². The fourth-order valence-electron chi connectivity index (χ4n) is 0.350. The molecule has 0 saturated heterocycles. The van der Waals surface area contributed by atoms with Crippen LogP contribution in [0.25, 0.3) is 0 Å². The van der Waals surface area contributed by atoms with Gasteiger partial charge in [0.1, 0.15) is 6.04 Å². The maximum absolute atomic E-state index is 11.9. The highest BCUT2D eigenvalue weighted by Crippen LogP contribution is 2.18. The molecule has 0 aromatic carbocycles. The summed E-state index contributed by atoms with van der Waals surface area (Å²) < 4.78 is 23.9. The normalized spacial score (nSPS) is 13.7. The molecule has 0 heterocycles. The molecular weight excluding hydrogens is 194 g/mol. The van der Waals surface area contributed by atoms with Crippen molar-refractivity contribution in [1.29, 1.82) is 0 Å². The summed E-state index contributed by atoms with van der Waals surface area (Å²) in [5, 5.41) is -2.39. The zero-order valence-corrected chi connectivity index (χ0v) is 6.86. The lowest BCUT2D eigenvalue weighted by molar-refractivity contribution is -0.138. The molecular formula is C5H7ClF2N2O2. The van der Waals surface area contributed by atoms with E-state index in [0.29, 0.717) is 0 Å². The van der Waals surface area contributed by atoms with Crippen LogP contribution in [0.3, 0.4) is 0 Å². The smallest absolute Gasteiger partial charge is 0.368 e. The Morgan fingerprint density at radius 2 is 2.00 bits per heavy atom. The molecule has 0 aliphatic heterocycles. The molecule has 7 heteroatoms. The zero-order chi connectivity index (χ0) is 9.94. The minimum atomic E-state index is -4.01. The number of alkyl halides is 3. The summed E-state index contributed by atoms with van der Waals surface area (Å²) in [6, 6.07) is -1.16. The molecule has 4 nitrogen and oxygen atoms in total. The largest absolute Gasteiger partial charge is 0.399 e. The molecule has 0 bridgehead atoms. The van der Waals surface area contributed by atoms with Gasteiger partial charge < -0.3 is 11.1 Å². The van der Waals surface area contributed by atoms with Crippen LogP contribution in [-0.4, -0.2) is 23.2 Å². The van der Waals surface area contributed by atoms with Crippen molar-refractivity contribution < 1.29 is 18.4 Å². The molecule has 0 fully saturated rings. The second-order valence-corrected chi connectivity index (χ2v) is 2.57. The fourth-order valence-corrected chi connectivity index (χ4v) is 0.404. The Morgan fingerprint density at radius 1 is 1.58 bits per heavy atom. The van der Waals surface area contributed by atoms with Gasteiger partial charge in [-0.15, -0.1) is 0 Å². The number of nitrogens with one attached hydrogen (secondary N) is 1. The topological polar surface area (TPSA) is 72.2 Å². The molecule has 0 spiro atoms. The highest BCUT2D eigenvalue weighted by atomic mass is 35.5. The van der Waals surface area contributed by atoms with Crippen LogP contribution >= 0.6 is 11.6 Å². The zero-order valence-electron chi connectivity index (χ0n) is 6.11. The Kier molecular flexibility index (Phi) is 3.38. The van der Waals surface area contributed by atoms with E-state index >= 15 is 0 Å². The highest BCUT2D eigenvalue weighted by molar-refractivity contribution is 6.32. The Labute approximate surface area is 72.0 Å². The second kappa shape index (κ2) is 3.66. The van der Waals surface area contributed by atoms with E-state index in [9.17, 15) is 18.4 Å². The van der Waals surface area contributed by atoms with Crippen LogP contribution in [0.4, 0.5) is 8.78 Å². The van der Waals surface area contributed by atoms with Crippen LogP contribution in [0, 0.1) is 0 Å². The molecule has 2 amide bonds. The first-order valence-corrected chi connectivity index (χ1v) is 3.30. The van der Waals surface area contributed by atoms with E-state index in [-0.39, 0.29) is 0 Å². The average molecular weight is 201 g/mol. The van der Waals surface area contributed by atoms with Crippen molar-refractivity contribution in [3.05, 3.63) is 0 Å². The van der Waals surface area contributed by atoms with Gasteiger partial charge in [-0.25, -0.2) is 0 Å². The summed E-state index contributed by atoms with van der Waals surface area (Å²) in [7, 11) is 0. The summed E-state index contributed by atoms with van der Waals surface area (Å²) in [5.74, 6) is -2.65. The molecule has 70 valence electrons. The first kappa shape index (κ1) is 11.1. The molecule has 0 aromatic rings. The monoisotopic (exact) mass is 200 g/mol. The summed E-state index contributed by atoms with van der Waals surface area (Å²) >= 11 is 4.33. The van der Waals surface area contributed by atoms with Crippen molar-refractivity contribution in [3.63, 3.8) is 0 Å². The lowest BCUT2D eigenvalue weighted by Gasteiger charge is -2.12. The lowest BCUT2D eigenvalue weighted by atomic mass is 10.3. The van der Waals surface area contributed by atoms with Gasteiger partial charge in [-0.05, 0) is 18.5 Å². The minimum absolute atomic E-state index is 0.913. The highest BCUT2D eigenvalue weighted by Gasteiger charge is 2.36. The SMILES string of the molecule is CC(NC(=O)C(F)(F)Cl)C(N)=O. The number of carbonyl (C=O) groups excluding carboxylic acids is 2. The van der Waals surface area contributed by atoms with Crippen molar-refractivity contribution in [2.75, 3.05) is 0 Å². The van der Waals surface area contributed by atoms with Gasteiger partial charge in [0, 0.05) is 0 Å². The molecule has 0 rings (SSSR count). The summed E-state index contributed by atoms with van der Waals surface area (Å²) in [6.07, 6.45) is 0. The van der Waals surface area contributed by atoms with Crippen LogP contribution in [0.1, 0.15) is 6.92 Å². The second-order valence-electron chi connectivity index (χ2n) is 2.10. The van der Waals surface area contributed by atoms with Crippen molar-refractivity contribution >= 4 is 23.4 Å². The molecule has 1 unspecified atom stereocenters. The van der Waals surface area contributed by atoms with Gasteiger partial charge in [0.2, 0.25) is 5.91 Å². The Hall–Kier alpha value is -0.910. The first-order chi connectivity index (χ1) is 5.25. The molecule has 0 saturated carbocycles. The molecule has 1 atom stereocenters. The van der Waals surface area contributed by atoms with E-state index < -0.39 is 23.2 Å². The van der Waals surface area contributed by atoms with Gasteiger partial charge in [0.05, 0.1) is 0 Å². The Balaban J connectivity index is 4.11. The van der Waals surface area contributed by atoms with Crippen LogP contribution < -0.4 is 11.1 Å². The first-order valence-electron chi connectivity index (χ1n) is 2.92. The molecule has 3 N–H and O–H groups in total. The van der Waals surface area contributed by atoms with Crippen molar-refractivity contribution in [1.82, 2.24) is 5.32 Å². The maximum Gasteiger partial charge on any atom is 0.399 e. The number of halogens is 3. The van der Waals surface area contributed by atoms with Crippen LogP contribution in [0.15, 0.2) is 0 Å². The molecule has 0 aliphatic carbocycles. The number of nitrogens with two attached hydrogens (primary N) is 1. The number of hydrogen-bond donors (Lipinski definition) is 2. The Morgan fingerprint density at radius 3 is 2.25 bits per heavy atom. The number of hydrogen-bond acceptors (Lipinski definition) is 2. The summed E-state index contributed by atoms with van der Waals surface area (Å²) in [5.41, 5.74) is 4.69. The predicted octanol–water partition coefficient (Wildman–Crippen LogP) is -0.192. The lowest BCUT2D eigenvalue weighted by Crippen LogP contribution is -2.47. The van der Waals surface area contributed by atoms with Gasteiger partial charge in [-0.3, -0.25) is 9.59 Å². The van der Waals surface area contributed by atoms with Crippen molar-refractivity contribution in [2.45, 2.75) is 18.3 Å². The standard InChI is InChI=1S/C5H7ClF2N2O2/c1-2(3(9)11)10-4(12)5(6,7)8/h2H,1H3,(H2,9,11)(H,10,12). The minimum Gasteiger partial charge on any atom is -0.368 e. The number of primary amides is 1. The predicted molar refractivity (Wildman–Crippen MR) is 37.6 cm³/mol. The van der Waals surface area contributed by atoms with E-state index in [1.165, 1.54) is 6.92 Å². The third-order valence-corrected chi connectivity index (χ3v) is 1.20. The number of rotatable bonds is 3. The number of amides is 2. The van der Waals surface area contributed by atoms with Gasteiger partial charge in [0.25, 0.3) is 0 Å². The quantitative estimate of drug-likeness (QED) is 0.620. The van der Waals surface area contributed by atoms with Crippen LogP contribution in [0.2, 0.25) is 0 Å². The molecule has 0 radical (unpaired) electrons. The maximum atomic E-state index is 11.9. The van der Waals surface area contributed by atoms with E-state index in [4.69, 9.17) is 0 Å². The van der Waals surface area contributed by atoms with Gasteiger partial charge in [0.15, 0.2) is 0 Å². The Bertz CT molecular complexity index is 204. The third kappa shape index (κ3) is 3.47. The summed E-state index contributed by atoms with van der Waals surface area (Å²) in [4.78, 5) is 20.7. The molecule has 0 aromatic heterocycles. The van der Waals surface area contributed by atoms with Gasteiger partial charge in [-0.1, -0.05) is 0 Å². The van der Waals surface area contributed by atoms with Gasteiger partial charge >= 0.3 is 11.3 Å². The molecule has 12 heavy (non-hydrogen) atoms. The third-order valence-electron chi connectivity index (χ3n) is 1.03. The van der Waals surface area contributed by atoms with E-state index in [0.717, 1.165) is 0 Å². The number of carbonyl (C=O) groups is 2. The van der Waals surface area contributed by atoms with Crippen molar-refractivity contribution in [2.24, 2.45) is 5.73 Å². The summed E-state index contributed by atoms with van der Waals surface area (Å²) in [6.45, 7) is 1.17.